The van der Waals surface area contributed by atoms with Crippen molar-refractivity contribution in [1.29, 1.82) is 0 Å². The number of rotatable bonds is 6. The van der Waals surface area contributed by atoms with E-state index in [9.17, 15) is 40.2 Å². The Morgan fingerprint density at radius 2 is 1.79 bits per heavy atom. The molecule has 10 rings (SSSR count). The van der Waals surface area contributed by atoms with Crippen molar-refractivity contribution in [1.82, 2.24) is 4.98 Å². The van der Waals surface area contributed by atoms with Gasteiger partial charge in [-0.1, -0.05) is 31.4 Å². The van der Waals surface area contributed by atoms with Crippen LogP contribution in [0, 0.1) is 87.3 Å². The molecule has 66 heavy (non-hydrogen) atoms. The number of fused-ring (bicyclic) bond motifs is 10. The molecule has 9 aliphatic rings. The highest BCUT2D eigenvalue weighted by Gasteiger charge is 2.75. The number of ether oxygens (including phenoxy) is 1. The van der Waals surface area contributed by atoms with Crippen LogP contribution in [0.2, 0.25) is 0 Å². The van der Waals surface area contributed by atoms with Crippen molar-refractivity contribution < 1.29 is 45.0 Å². The third-order valence-corrected chi connectivity index (χ3v) is 20.7. The number of aromatic nitrogens is 1. The van der Waals surface area contributed by atoms with Crippen LogP contribution in [-0.4, -0.2) is 102 Å². The van der Waals surface area contributed by atoms with Crippen molar-refractivity contribution in [2.45, 2.75) is 152 Å². The van der Waals surface area contributed by atoms with Crippen LogP contribution in [0.5, 0.6) is 0 Å². The summed E-state index contributed by atoms with van der Waals surface area (Å²) in [7, 11) is 0. The molecule has 2 heterocycles. The zero-order valence-electron chi connectivity index (χ0n) is 39.1. The highest BCUT2D eigenvalue weighted by atomic mass is 16.5. The van der Waals surface area contributed by atoms with Gasteiger partial charge in [-0.3, -0.25) is 14.6 Å². The Balaban J connectivity index is 1.16. The molecule has 360 valence electrons. The van der Waals surface area contributed by atoms with Gasteiger partial charge in [0.15, 0.2) is 11.7 Å². The first-order valence-electron chi connectivity index (χ1n) is 25.2. The molecule has 8 aliphatic carbocycles. The van der Waals surface area contributed by atoms with E-state index in [1.54, 1.807) is 13.0 Å². The maximum Gasteiger partial charge on any atom is 0.313 e. The van der Waals surface area contributed by atoms with Crippen molar-refractivity contribution >= 4 is 17.7 Å². The molecule has 0 amide bonds. The summed E-state index contributed by atoms with van der Waals surface area (Å²) in [6, 6.07) is 1.94. The van der Waals surface area contributed by atoms with Crippen LogP contribution in [0.15, 0.2) is 46.8 Å². The average Bonchev–Trinajstić information content (AvgIpc) is 3.97. The number of esters is 1. The number of carbonyl (C=O) groups is 2. The zero-order valence-corrected chi connectivity index (χ0v) is 39.1. The molecule has 5 saturated carbocycles. The number of aliphatic hydroxyl groups is 6. The summed E-state index contributed by atoms with van der Waals surface area (Å²) < 4.78 is 5.94. The lowest BCUT2D eigenvalue weighted by atomic mass is 9.44. The number of carbonyl (C=O) groups excluding carboxylic acids is 2. The number of hydrogen-bond acceptors (Lipinski definition) is 10. The molecule has 1 aromatic rings. The van der Waals surface area contributed by atoms with Crippen LogP contribution >= 0.6 is 0 Å². The molecule has 0 radical (unpaired) electrons. The summed E-state index contributed by atoms with van der Waals surface area (Å²) in [6.45, 7) is 6.30. The maximum absolute atomic E-state index is 14.4. The molecule has 13 heteroatoms. The van der Waals surface area contributed by atoms with Crippen molar-refractivity contribution in [3.05, 3.63) is 47.3 Å². The normalized spacial score (nSPS) is 49.6. The minimum Gasteiger partial charge on any atom is -0.465 e. The Kier molecular flexibility index (Phi) is 11.4. The van der Waals surface area contributed by atoms with Gasteiger partial charge in [0.1, 0.15) is 0 Å². The van der Waals surface area contributed by atoms with Gasteiger partial charge in [-0.15, -0.1) is 5.92 Å². The van der Waals surface area contributed by atoms with Gasteiger partial charge < -0.3 is 51.8 Å². The van der Waals surface area contributed by atoms with Crippen molar-refractivity contribution in [2.75, 3.05) is 19.8 Å². The van der Waals surface area contributed by atoms with Crippen LogP contribution in [0.1, 0.15) is 129 Å². The summed E-state index contributed by atoms with van der Waals surface area (Å²) in [6.07, 6.45) is 13.2. The van der Waals surface area contributed by atoms with Crippen molar-refractivity contribution in [3.63, 3.8) is 0 Å². The van der Waals surface area contributed by atoms with Gasteiger partial charge in [-0.25, -0.2) is 0 Å². The number of H-pyrrole nitrogens is 1. The van der Waals surface area contributed by atoms with Crippen molar-refractivity contribution in [3.8, 4) is 11.8 Å². The van der Waals surface area contributed by atoms with E-state index in [1.165, 1.54) is 5.57 Å². The van der Waals surface area contributed by atoms with Crippen LogP contribution in [0.3, 0.4) is 0 Å². The third-order valence-electron chi connectivity index (χ3n) is 20.7. The number of allylic oxidation sites excluding steroid dienone is 3. The van der Waals surface area contributed by atoms with Crippen LogP contribution < -0.4 is 11.5 Å². The summed E-state index contributed by atoms with van der Waals surface area (Å²) in [5.41, 5.74) is 7.35. The number of aliphatic imine (C=N–C) groups is 1. The molecule has 6 fully saturated rings. The van der Waals surface area contributed by atoms with Crippen LogP contribution in [0.4, 0.5) is 0 Å². The Morgan fingerprint density at radius 1 is 0.985 bits per heavy atom. The van der Waals surface area contributed by atoms with Crippen LogP contribution in [0.25, 0.3) is 0 Å². The highest BCUT2D eigenvalue weighted by Crippen LogP contribution is 2.73. The predicted molar refractivity (Wildman–Crippen MR) is 247 cm³/mol. The third kappa shape index (κ3) is 6.72. The highest BCUT2D eigenvalue weighted by molar-refractivity contribution is 5.95. The van der Waals surface area contributed by atoms with Crippen LogP contribution in [-0.2, 0) is 14.3 Å². The second kappa shape index (κ2) is 16.3. The fraction of sp³-hybridized carbons (Fsp3) is 0.755. The van der Waals surface area contributed by atoms with E-state index in [0.717, 1.165) is 31.2 Å². The number of nitrogens with one attached hydrogen (secondary N) is 1. The average molecular weight is 911 g/mol. The molecule has 1 aliphatic heterocycles. The molecule has 2 bridgehead atoms. The SMILES string of the molecule is C[C@H]1CCC2=CC[C@H]3[C@H](CO)C[C@]4(O)CC[C@]3(C[C@H]([C@@H]3COC(=O)[C@H]3c3cc[nH]c3)C#CC[C@@H]3C[C@@]5(O)C6=CC(=O)[C@@H]7C[C@@H](O)[C@@H](O)C[C@]7(C)[C@H]6CC[C@]5(CCN=C(N)N)[C@H]3[C@@]4(C)O)[C@H]2C1. The second-order valence-corrected chi connectivity index (χ2v) is 23.6. The van der Waals surface area contributed by atoms with Crippen molar-refractivity contribution in [2.24, 2.45) is 91.9 Å². The van der Waals surface area contributed by atoms with Gasteiger partial charge in [0.25, 0.3) is 0 Å². The molecule has 11 N–H and O–H groups in total. The number of hydrogen-bond donors (Lipinski definition) is 9. The lowest BCUT2D eigenvalue weighted by Crippen LogP contribution is -2.66. The molecular weight excluding hydrogens is 837 g/mol. The Hall–Kier alpha value is -3.51. The lowest BCUT2D eigenvalue weighted by molar-refractivity contribution is -0.228. The predicted octanol–water partition coefficient (Wildman–Crippen LogP) is 4.40. The maximum atomic E-state index is 14.4. The first kappa shape index (κ1) is 46.2. The van der Waals surface area contributed by atoms with E-state index in [1.807, 2.05) is 25.4 Å². The zero-order chi connectivity index (χ0) is 46.8. The lowest BCUT2D eigenvalue weighted by Gasteiger charge is -2.62. The summed E-state index contributed by atoms with van der Waals surface area (Å²) in [5, 5.41) is 75.2. The Labute approximate surface area is 389 Å². The van der Waals surface area contributed by atoms with E-state index < -0.39 is 68.9 Å². The smallest absolute Gasteiger partial charge is 0.313 e. The molecule has 1 spiro atoms. The van der Waals surface area contributed by atoms with Gasteiger partial charge in [0.05, 0.1) is 41.5 Å². The summed E-state index contributed by atoms with van der Waals surface area (Å²) >= 11 is 0. The quantitative estimate of drug-likeness (QED) is 0.0637. The Morgan fingerprint density at radius 3 is 2.53 bits per heavy atom. The van der Waals surface area contributed by atoms with E-state index in [2.05, 4.69) is 34.8 Å². The molecule has 1 aromatic heterocycles. The second-order valence-electron chi connectivity index (χ2n) is 23.6. The fourth-order valence-electron chi connectivity index (χ4n) is 17.7. The summed E-state index contributed by atoms with van der Waals surface area (Å²) in [4.78, 5) is 35.8. The minimum atomic E-state index is -1.83. The first-order chi connectivity index (χ1) is 31.3. The molecule has 0 unspecified atom stereocenters. The monoisotopic (exact) mass is 911 g/mol. The number of aliphatic hydroxyl groups excluding tert-OH is 3. The number of nitrogens with zero attached hydrogens (tertiary/aromatic N) is 1. The molecule has 19 atom stereocenters. The molecule has 1 saturated heterocycles. The number of aromatic amines is 1. The largest absolute Gasteiger partial charge is 0.465 e. The molecule has 0 aromatic carbocycles. The van der Waals surface area contributed by atoms with Gasteiger partial charge in [0.2, 0.25) is 0 Å². The number of nitrogens with two attached hydrogens (primary N) is 2. The topological polar surface area (TPSA) is 245 Å². The van der Waals surface area contributed by atoms with E-state index in [0.29, 0.717) is 37.2 Å². The van der Waals surface area contributed by atoms with Gasteiger partial charge in [-0.05, 0) is 166 Å². The number of cyclic esters (lactones) is 1. The molecular formula is C53H74N4O9. The fourth-order valence-corrected chi connectivity index (χ4v) is 17.7. The standard InChI is InChI=1S/C53H74N4O9/c1-29-7-8-30-9-10-36-34(27-58)23-52(64)15-14-50(36,38(30)19-29)22-31(35-28-66-46(62)44(35)33-12-17-56-26-33)5-4-6-32-24-53(65)39-20-41(59)40-21-42(60)43(61)25-48(40,2)37(39)11-13-51(53,16-18-57-47(54)55)45(32)49(52,3)63/h9,12,17,20,26,29,31-32,34-38,40,42-45,56,58,60-61,63-65H,6-8,10-11,13-16,18-19,21-25,27-28H2,1-3H3,(H4,54,55,57)/t29-,31+,32+,34-,35-,36-,37-,38-,40-,42+,43-,44-,45+,48+,49+,50+,51-,52+,53+/m0/s1. The van der Waals surface area contributed by atoms with E-state index in [4.69, 9.17) is 16.2 Å². The van der Waals surface area contributed by atoms with Gasteiger partial charge in [0, 0.05) is 61.1 Å². The van der Waals surface area contributed by atoms with E-state index >= 15 is 0 Å². The van der Waals surface area contributed by atoms with Gasteiger partial charge >= 0.3 is 5.97 Å². The number of ketones is 1. The summed E-state index contributed by atoms with van der Waals surface area (Å²) in [5.74, 6) is 4.11. The van der Waals surface area contributed by atoms with Gasteiger partial charge in [-0.2, -0.15) is 0 Å². The first-order valence-corrected chi connectivity index (χ1v) is 25.2. The van der Waals surface area contributed by atoms with E-state index in [-0.39, 0.29) is 118 Å². The Bertz CT molecular complexity index is 2240. The molecule has 13 nitrogen and oxygen atoms in total. The number of guanidine groups is 1. The minimum absolute atomic E-state index is 0.0285.